The zero-order chi connectivity index (χ0) is 22.9. The van der Waals surface area contributed by atoms with Crippen LogP contribution < -0.4 is 5.32 Å². The number of rotatable bonds is 6. The van der Waals surface area contributed by atoms with Crippen LogP contribution in [0.5, 0.6) is 5.75 Å². The Hall–Kier alpha value is -3.19. The first kappa shape index (κ1) is 22.0. The van der Waals surface area contributed by atoms with Gasteiger partial charge < -0.3 is 20.1 Å². The Labute approximate surface area is 187 Å². The molecule has 3 atom stereocenters. The Bertz CT molecular complexity index is 1020. The maximum atomic E-state index is 13.3. The Kier molecular flexibility index (Phi) is 6.02. The van der Waals surface area contributed by atoms with Crippen LogP contribution in [0.3, 0.4) is 0 Å². The van der Waals surface area contributed by atoms with E-state index in [1.54, 1.807) is 43.0 Å². The van der Waals surface area contributed by atoms with Crippen LogP contribution in [-0.4, -0.2) is 52.4 Å². The first-order valence-electron chi connectivity index (χ1n) is 10.9. The van der Waals surface area contributed by atoms with Crippen LogP contribution in [0.25, 0.3) is 0 Å². The minimum absolute atomic E-state index is 0.0106. The molecule has 0 spiro atoms. The van der Waals surface area contributed by atoms with E-state index in [1.807, 2.05) is 24.4 Å². The molecule has 3 unspecified atom stereocenters. The van der Waals surface area contributed by atoms with Crippen LogP contribution >= 0.6 is 0 Å². The van der Waals surface area contributed by atoms with Gasteiger partial charge in [-0.1, -0.05) is 30.4 Å². The second kappa shape index (κ2) is 8.74. The minimum Gasteiger partial charge on any atom is -0.508 e. The highest BCUT2D eigenvalue weighted by Crippen LogP contribution is 2.29. The lowest BCUT2D eigenvalue weighted by Crippen LogP contribution is -2.57. The summed E-state index contributed by atoms with van der Waals surface area (Å²) in [5.41, 5.74) is 1.95. The number of ketones is 1. The standard InChI is InChI=1S/C25H28N2O5/c1-16-25(2,22(29)15-32-16)26-24(31)20(11-17-7-9-21(28)10-8-17)12-23(30)27-13-18-5-3-4-6-19(18)14-27/h3-5,7-10,14,16,20,28H,6,11-13,15H2,1-2H3,(H,26,31). The molecule has 4 rings (SSSR count). The number of phenols is 1. The number of nitrogens with one attached hydrogen (secondary N) is 1. The molecular weight excluding hydrogens is 408 g/mol. The first-order chi connectivity index (χ1) is 15.3. The molecule has 1 aliphatic carbocycles. The van der Waals surface area contributed by atoms with Crippen molar-refractivity contribution in [3.05, 3.63) is 65.4 Å². The minimum atomic E-state index is -1.12. The highest BCUT2D eigenvalue weighted by molar-refractivity contribution is 5.97. The van der Waals surface area contributed by atoms with E-state index < -0.39 is 17.6 Å². The average Bonchev–Trinajstić information content (AvgIpc) is 3.32. The van der Waals surface area contributed by atoms with Gasteiger partial charge in [-0.15, -0.1) is 0 Å². The highest BCUT2D eigenvalue weighted by atomic mass is 16.5. The van der Waals surface area contributed by atoms with Crippen molar-refractivity contribution in [1.82, 2.24) is 10.2 Å². The van der Waals surface area contributed by atoms with E-state index >= 15 is 0 Å². The molecule has 3 aliphatic rings. The summed E-state index contributed by atoms with van der Waals surface area (Å²) in [6.45, 7) is 3.89. The summed E-state index contributed by atoms with van der Waals surface area (Å²) < 4.78 is 5.42. The normalized spacial score (nSPS) is 25.2. The molecule has 0 bridgehead atoms. The van der Waals surface area contributed by atoms with Crippen LogP contribution in [0.1, 0.15) is 32.3 Å². The lowest BCUT2D eigenvalue weighted by molar-refractivity contribution is -0.136. The summed E-state index contributed by atoms with van der Waals surface area (Å²) in [6.07, 6.45) is 8.59. The molecule has 1 saturated heterocycles. The molecule has 0 saturated carbocycles. The Balaban J connectivity index is 1.51. The SMILES string of the molecule is CC1OCC(=O)C1(C)NC(=O)C(CC(=O)N1C=C2CC=CC=C2C1)Cc1ccc(O)cc1. The van der Waals surface area contributed by atoms with E-state index in [-0.39, 0.29) is 36.4 Å². The van der Waals surface area contributed by atoms with E-state index in [4.69, 9.17) is 4.74 Å². The zero-order valence-electron chi connectivity index (χ0n) is 18.3. The van der Waals surface area contributed by atoms with E-state index in [2.05, 4.69) is 5.32 Å². The van der Waals surface area contributed by atoms with Gasteiger partial charge in [0.25, 0.3) is 0 Å². The van der Waals surface area contributed by atoms with Gasteiger partial charge in [0.05, 0.1) is 18.6 Å². The summed E-state index contributed by atoms with van der Waals surface area (Å²) in [7, 11) is 0. The third-order valence-corrected chi connectivity index (χ3v) is 6.61. The third kappa shape index (κ3) is 4.39. The van der Waals surface area contributed by atoms with Crippen LogP contribution in [0, 0.1) is 5.92 Å². The Morgan fingerprint density at radius 3 is 2.69 bits per heavy atom. The quantitative estimate of drug-likeness (QED) is 0.714. The molecule has 0 radical (unpaired) electrons. The van der Waals surface area contributed by atoms with Gasteiger partial charge in [0, 0.05) is 12.6 Å². The molecule has 7 nitrogen and oxygen atoms in total. The van der Waals surface area contributed by atoms with Gasteiger partial charge in [0.15, 0.2) is 5.78 Å². The number of carbonyl (C=O) groups excluding carboxylic acids is 3. The number of amides is 2. The molecular formula is C25H28N2O5. The summed E-state index contributed by atoms with van der Waals surface area (Å²) in [4.78, 5) is 40.4. The first-order valence-corrected chi connectivity index (χ1v) is 10.9. The Morgan fingerprint density at radius 1 is 1.28 bits per heavy atom. The Morgan fingerprint density at radius 2 is 2.03 bits per heavy atom. The number of Topliss-reactive ketones (excluding diaryl/α,β-unsaturated/α-hetero) is 1. The van der Waals surface area contributed by atoms with Crippen LogP contribution in [0.15, 0.2) is 59.8 Å². The van der Waals surface area contributed by atoms with Crippen molar-refractivity contribution in [2.45, 2.75) is 44.8 Å². The molecule has 1 aromatic rings. The summed E-state index contributed by atoms with van der Waals surface area (Å²) >= 11 is 0. The van der Waals surface area contributed by atoms with Gasteiger partial charge in [-0.3, -0.25) is 14.4 Å². The lowest BCUT2D eigenvalue weighted by Gasteiger charge is -2.30. The molecule has 0 aromatic heterocycles. The molecule has 2 aliphatic heterocycles. The van der Waals surface area contributed by atoms with Gasteiger partial charge in [0.2, 0.25) is 11.8 Å². The topological polar surface area (TPSA) is 95.9 Å². The maximum Gasteiger partial charge on any atom is 0.227 e. The fourth-order valence-electron chi connectivity index (χ4n) is 4.26. The number of hydrogen-bond acceptors (Lipinski definition) is 5. The molecule has 32 heavy (non-hydrogen) atoms. The van der Waals surface area contributed by atoms with Crippen molar-refractivity contribution in [1.29, 1.82) is 0 Å². The highest BCUT2D eigenvalue weighted by Gasteiger charge is 2.47. The molecule has 1 fully saturated rings. The van der Waals surface area contributed by atoms with Crippen LogP contribution in [0.4, 0.5) is 0 Å². The van der Waals surface area contributed by atoms with E-state index in [1.165, 1.54) is 0 Å². The number of allylic oxidation sites excluding steroid dienone is 3. The fraction of sp³-hybridized carbons (Fsp3) is 0.400. The van der Waals surface area contributed by atoms with E-state index in [9.17, 15) is 19.5 Å². The van der Waals surface area contributed by atoms with Gasteiger partial charge in [-0.05, 0) is 55.5 Å². The van der Waals surface area contributed by atoms with Crippen LogP contribution in [-0.2, 0) is 25.5 Å². The van der Waals surface area contributed by atoms with E-state index in [0.29, 0.717) is 13.0 Å². The summed E-state index contributed by atoms with van der Waals surface area (Å²) in [6, 6.07) is 6.58. The monoisotopic (exact) mass is 436 g/mol. The van der Waals surface area contributed by atoms with Gasteiger partial charge >= 0.3 is 0 Å². The lowest BCUT2D eigenvalue weighted by atomic mass is 9.89. The molecule has 168 valence electrons. The largest absolute Gasteiger partial charge is 0.508 e. The molecule has 7 heteroatoms. The molecule has 2 N–H and O–H groups in total. The number of phenolic OH excluding ortho intramolecular Hbond substituents is 1. The predicted molar refractivity (Wildman–Crippen MR) is 119 cm³/mol. The molecule has 1 aromatic carbocycles. The fourth-order valence-corrected chi connectivity index (χ4v) is 4.26. The van der Waals surface area contributed by atoms with Gasteiger partial charge in [-0.25, -0.2) is 0 Å². The van der Waals surface area contributed by atoms with Crippen molar-refractivity contribution in [2.24, 2.45) is 5.92 Å². The van der Waals surface area contributed by atoms with Crippen molar-refractivity contribution < 1.29 is 24.2 Å². The van der Waals surface area contributed by atoms with Crippen molar-refractivity contribution >= 4 is 17.6 Å². The predicted octanol–water partition coefficient (Wildman–Crippen LogP) is 2.42. The molecule has 2 heterocycles. The van der Waals surface area contributed by atoms with Gasteiger partial charge in [0.1, 0.15) is 17.9 Å². The third-order valence-electron chi connectivity index (χ3n) is 6.61. The number of ether oxygens (including phenoxy) is 1. The maximum absolute atomic E-state index is 13.3. The van der Waals surface area contributed by atoms with Gasteiger partial charge in [-0.2, -0.15) is 0 Å². The number of fused-ring (bicyclic) bond motifs is 1. The van der Waals surface area contributed by atoms with Crippen molar-refractivity contribution in [2.75, 3.05) is 13.2 Å². The second-order valence-corrected chi connectivity index (χ2v) is 8.84. The number of benzene rings is 1. The second-order valence-electron chi connectivity index (χ2n) is 8.84. The zero-order valence-corrected chi connectivity index (χ0v) is 18.3. The number of nitrogens with zero attached hydrogens (tertiary/aromatic N) is 1. The smallest absolute Gasteiger partial charge is 0.227 e. The van der Waals surface area contributed by atoms with Crippen molar-refractivity contribution in [3.8, 4) is 5.75 Å². The summed E-state index contributed by atoms with van der Waals surface area (Å²) in [5.74, 6) is -1.21. The van der Waals surface area contributed by atoms with E-state index in [0.717, 1.165) is 23.1 Å². The van der Waals surface area contributed by atoms with Crippen LogP contribution in [0.2, 0.25) is 0 Å². The molecule has 2 amide bonds. The average molecular weight is 437 g/mol. The number of hydrogen-bond donors (Lipinski definition) is 2. The van der Waals surface area contributed by atoms with Crippen molar-refractivity contribution in [3.63, 3.8) is 0 Å². The number of carbonyl (C=O) groups is 3. The summed E-state index contributed by atoms with van der Waals surface area (Å²) in [5, 5.41) is 12.4. The number of aromatic hydroxyl groups is 1.